The van der Waals surface area contributed by atoms with Crippen LogP contribution in [-0.2, 0) is 23.4 Å². The summed E-state index contributed by atoms with van der Waals surface area (Å²) in [7, 11) is 1.69. The first-order valence-corrected chi connectivity index (χ1v) is 12.5. The maximum absolute atomic E-state index is 12.0. The van der Waals surface area contributed by atoms with Gasteiger partial charge in [-0.3, -0.25) is 4.79 Å². The largest absolute Gasteiger partial charge is 0.493 e. The van der Waals surface area contributed by atoms with Gasteiger partial charge in [-0.25, -0.2) is 0 Å². The number of ether oxygens (including phenoxy) is 2. The zero-order valence-corrected chi connectivity index (χ0v) is 21.1. The molecule has 2 heterocycles. The van der Waals surface area contributed by atoms with Crippen LogP contribution in [0.25, 0.3) is 0 Å². The van der Waals surface area contributed by atoms with Crippen molar-refractivity contribution >= 4 is 23.2 Å². The van der Waals surface area contributed by atoms with Crippen molar-refractivity contribution in [2.45, 2.75) is 38.3 Å². The fourth-order valence-electron chi connectivity index (χ4n) is 5.41. The number of hydrogen-bond donors (Lipinski definition) is 0. The number of piperidine rings is 1. The van der Waals surface area contributed by atoms with E-state index in [0.29, 0.717) is 11.6 Å². The molecule has 0 N–H and O–H groups in total. The van der Waals surface area contributed by atoms with Crippen LogP contribution in [-0.4, -0.2) is 37.6 Å². The maximum atomic E-state index is 12.0. The quantitative estimate of drug-likeness (QED) is 0.436. The Morgan fingerprint density at radius 2 is 1.69 bits per heavy atom. The number of carbonyl (C=O) groups excluding carboxylic acids is 1. The van der Waals surface area contributed by atoms with E-state index in [4.69, 9.17) is 21.1 Å². The van der Waals surface area contributed by atoms with Crippen molar-refractivity contribution in [1.82, 2.24) is 4.90 Å². The second-order valence-electron chi connectivity index (χ2n) is 9.56. The Morgan fingerprint density at radius 3 is 2.34 bits per heavy atom. The number of methoxy groups -OCH3 is 1. The number of likely N-dealkylation sites (tertiary alicyclic amines) is 1. The lowest BCUT2D eigenvalue weighted by Gasteiger charge is -2.39. The molecule has 35 heavy (non-hydrogen) atoms. The number of hydrogen-bond acceptors (Lipinski definition) is 4. The van der Waals surface area contributed by atoms with Crippen LogP contribution in [0.5, 0.6) is 11.5 Å². The van der Waals surface area contributed by atoms with Gasteiger partial charge in [0.1, 0.15) is 6.61 Å². The summed E-state index contributed by atoms with van der Waals surface area (Å²) in [5, 5.41) is 0.710. The first-order chi connectivity index (χ1) is 17.0. The molecule has 0 aliphatic carbocycles. The molecule has 3 aromatic rings. The number of rotatable bonds is 6. The Bertz CT molecular complexity index is 1190. The fraction of sp³-hybridized carbons (Fsp3) is 0.345. The Labute approximate surface area is 212 Å². The summed E-state index contributed by atoms with van der Waals surface area (Å²) >= 11 is 6.03. The van der Waals surface area contributed by atoms with Gasteiger partial charge in [0.25, 0.3) is 0 Å². The van der Waals surface area contributed by atoms with Gasteiger partial charge in [0.05, 0.1) is 7.11 Å². The van der Waals surface area contributed by atoms with Gasteiger partial charge >= 0.3 is 0 Å². The molecule has 0 unspecified atom stereocenters. The molecule has 1 amide bonds. The van der Waals surface area contributed by atoms with Crippen molar-refractivity contribution in [2.75, 3.05) is 31.6 Å². The Morgan fingerprint density at radius 1 is 0.971 bits per heavy atom. The van der Waals surface area contributed by atoms with Crippen molar-refractivity contribution in [1.29, 1.82) is 0 Å². The number of fused-ring (bicyclic) bond motifs is 2. The van der Waals surface area contributed by atoms with Crippen LogP contribution >= 0.6 is 11.6 Å². The van der Waals surface area contributed by atoms with Gasteiger partial charge in [-0.15, -0.1) is 0 Å². The number of benzene rings is 3. The summed E-state index contributed by atoms with van der Waals surface area (Å²) in [4.78, 5) is 16.4. The van der Waals surface area contributed by atoms with E-state index in [1.165, 1.54) is 16.8 Å². The summed E-state index contributed by atoms with van der Waals surface area (Å²) in [6.45, 7) is 5.41. The molecule has 0 saturated carbocycles. The van der Waals surface area contributed by atoms with E-state index in [1.54, 1.807) is 14.0 Å². The maximum Gasteiger partial charge on any atom is 0.219 e. The second-order valence-corrected chi connectivity index (χ2v) is 10.00. The second kappa shape index (κ2) is 9.82. The molecule has 5 nitrogen and oxygen atoms in total. The predicted octanol–water partition coefficient (Wildman–Crippen LogP) is 5.83. The van der Waals surface area contributed by atoms with E-state index in [-0.39, 0.29) is 11.3 Å². The minimum Gasteiger partial charge on any atom is -0.493 e. The number of carbonyl (C=O) groups is 1. The fourth-order valence-corrected chi connectivity index (χ4v) is 5.53. The minimum atomic E-state index is -0.00193. The third-order valence-electron chi connectivity index (χ3n) is 7.38. The summed E-state index contributed by atoms with van der Waals surface area (Å²) < 4.78 is 12.1. The van der Waals surface area contributed by atoms with Crippen molar-refractivity contribution in [3.05, 3.63) is 88.4 Å². The standard InChI is InChI=1S/C29H31ClN2O3/c1-21(33)31-14-12-29(13-15-31)20-32(18-22-6-4-3-5-7-22)26-17-28(27(34-2)16-25(26)29)35-19-23-8-10-24(30)11-9-23/h3-11,16-17H,12-15,18-20H2,1-2H3. The van der Waals surface area contributed by atoms with Gasteiger partial charge in [0, 0.05) is 55.3 Å². The molecule has 0 bridgehead atoms. The topological polar surface area (TPSA) is 42.0 Å². The lowest BCUT2D eigenvalue weighted by atomic mass is 9.74. The van der Waals surface area contributed by atoms with Crippen molar-refractivity contribution in [3.8, 4) is 11.5 Å². The third-order valence-corrected chi connectivity index (χ3v) is 7.63. The van der Waals surface area contributed by atoms with Crippen LogP contribution in [0.4, 0.5) is 5.69 Å². The third kappa shape index (κ3) is 4.83. The molecule has 0 atom stereocenters. The van der Waals surface area contributed by atoms with Gasteiger partial charge in [-0.05, 0) is 47.7 Å². The molecule has 0 radical (unpaired) electrons. The zero-order chi connectivity index (χ0) is 24.4. The first kappa shape index (κ1) is 23.6. The van der Waals surface area contributed by atoms with Crippen molar-refractivity contribution < 1.29 is 14.3 Å². The van der Waals surface area contributed by atoms with E-state index in [0.717, 1.165) is 56.1 Å². The Kier molecular flexibility index (Phi) is 6.61. The van der Waals surface area contributed by atoms with E-state index in [9.17, 15) is 4.79 Å². The van der Waals surface area contributed by atoms with E-state index in [2.05, 4.69) is 41.3 Å². The molecule has 5 rings (SSSR count). The van der Waals surface area contributed by atoms with Gasteiger partial charge < -0.3 is 19.3 Å². The molecule has 182 valence electrons. The molecule has 1 fully saturated rings. The smallest absolute Gasteiger partial charge is 0.219 e. The van der Waals surface area contributed by atoms with Crippen molar-refractivity contribution in [3.63, 3.8) is 0 Å². The highest BCUT2D eigenvalue weighted by Gasteiger charge is 2.45. The van der Waals surface area contributed by atoms with Crippen molar-refractivity contribution in [2.24, 2.45) is 0 Å². The molecule has 2 aliphatic rings. The molecule has 6 heteroatoms. The molecule has 3 aromatic carbocycles. The number of nitrogens with zero attached hydrogens (tertiary/aromatic N) is 2. The lowest BCUT2D eigenvalue weighted by molar-refractivity contribution is -0.130. The van der Waals surface area contributed by atoms with Gasteiger partial charge in [-0.1, -0.05) is 54.1 Å². The van der Waals surface area contributed by atoms with Crippen LogP contribution in [0.1, 0.15) is 36.5 Å². The van der Waals surface area contributed by atoms with E-state index < -0.39 is 0 Å². The van der Waals surface area contributed by atoms with Crippen LogP contribution in [0, 0.1) is 0 Å². The monoisotopic (exact) mass is 490 g/mol. The normalized spacial score (nSPS) is 16.3. The highest BCUT2D eigenvalue weighted by molar-refractivity contribution is 6.30. The average molecular weight is 491 g/mol. The summed E-state index contributed by atoms with van der Waals surface area (Å²) in [6.07, 6.45) is 1.89. The molecule has 1 spiro atoms. The summed E-state index contributed by atoms with van der Waals surface area (Å²) in [5.74, 6) is 1.63. The van der Waals surface area contributed by atoms with Crippen LogP contribution in [0.15, 0.2) is 66.7 Å². The SMILES string of the molecule is COc1cc2c(cc1OCc1ccc(Cl)cc1)N(Cc1ccccc1)CC21CCN(C(C)=O)CC1. The lowest BCUT2D eigenvalue weighted by Crippen LogP contribution is -2.46. The molecule has 1 saturated heterocycles. The summed E-state index contributed by atoms with van der Waals surface area (Å²) in [5.41, 5.74) is 4.81. The number of anilines is 1. The molecule has 0 aromatic heterocycles. The first-order valence-electron chi connectivity index (χ1n) is 12.1. The van der Waals surface area contributed by atoms with Gasteiger partial charge in [0.2, 0.25) is 5.91 Å². The number of halogens is 1. The van der Waals surface area contributed by atoms with Crippen LogP contribution < -0.4 is 14.4 Å². The average Bonchev–Trinajstić information content (AvgIpc) is 3.15. The van der Waals surface area contributed by atoms with Crippen LogP contribution in [0.3, 0.4) is 0 Å². The summed E-state index contributed by atoms with van der Waals surface area (Å²) in [6, 6.07) is 22.6. The predicted molar refractivity (Wildman–Crippen MR) is 139 cm³/mol. The molecular formula is C29H31ClN2O3. The minimum absolute atomic E-state index is 0.00193. The van der Waals surface area contributed by atoms with E-state index >= 15 is 0 Å². The highest BCUT2D eigenvalue weighted by Crippen LogP contribution is 2.51. The van der Waals surface area contributed by atoms with Gasteiger partial charge in [0.15, 0.2) is 11.5 Å². The highest BCUT2D eigenvalue weighted by atomic mass is 35.5. The number of amides is 1. The van der Waals surface area contributed by atoms with Gasteiger partial charge in [-0.2, -0.15) is 0 Å². The molecular weight excluding hydrogens is 460 g/mol. The van der Waals surface area contributed by atoms with Crippen LogP contribution in [0.2, 0.25) is 5.02 Å². The molecule has 2 aliphatic heterocycles. The zero-order valence-electron chi connectivity index (χ0n) is 20.3. The Balaban J connectivity index is 1.48. The Hall–Kier alpha value is -3.18. The van der Waals surface area contributed by atoms with E-state index in [1.807, 2.05) is 35.2 Å².